The second-order valence-corrected chi connectivity index (χ2v) is 3.64. The average Bonchev–Trinajstić information content (AvgIpc) is 2.01. The predicted octanol–water partition coefficient (Wildman–Crippen LogP) is 3.07. The van der Waals surface area contributed by atoms with Crippen LogP contribution in [0.4, 0.5) is 13.2 Å². The van der Waals surface area contributed by atoms with Crippen molar-refractivity contribution >= 4 is 0 Å². The fourth-order valence-corrected chi connectivity index (χ4v) is 2.04. The van der Waals surface area contributed by atoms with Gasteiger partial charge in [0.15, 0.2) is 0 Å². The third kappa shape index (κ3) is 1.59. The highest BCUT2D eigenvalue weighted by atomic mass is 19.2. The van der Waals surface area contributed by atoms with Crippen molar-refractivity contribution in [1.29, 1.82) is 0 Å². The lowest BCUT2D eigenvalue weighted by Crippen LogP contribution is -2.42. The van der Waals surface area contributed by atoms with Crippen LogP contribution in [0, 0.1) is 11.8 Å². The molecule has 1 aliphatic rings. The highest BCUT2D eigenvalue weighted by Gasteiger charge is 2.42. The second kappa shape index (κ2) is 3.67. The molecule has 1 saturated carbocycles. The lowest BCUT2D eigenvalue weighted by Gasteiger charge is -2.35. The molecule has 0 aliphatic heterocycles. The molecule has 0 bridgehead atoms. The van der Waals surface area contributed by atoms with E-state index in [-0.39, 0.29) is 12.3 Å². The Balaban J connectivity index is 2.65. The summed E-state index contributed by atoms with van der Waals surface area (Å²) < 4.78 is 38.9. The molecule has 12 heavy (non-hydrogen) atoms. The van der Waals surface area contributed by atoms with Crippen LogP contribution in [-0.4, -0.2) is 18.5 Å². The first-order valence-electron chi connectivity index (χ1n) is 4.50. The van der Waals surface area contributed by atoms with E-state index in [1.54, 1.807) is 6.92 Å². The molecule has 1 fully saturated rings. The summed E-state index contributed by atoms with van der Waals surface area (Å²) in [6.45, 7) is 3.41. The Morgan fingerprint density at radius 1 is 1.17 bits per heavy atom. The summed E-state index contributed by atoms with van der Waals surface area (Å²) in [4.78, 5) is 0. The Bertz CT molecular complexity index is 149. The molecule has 0 aromatic heterocycles. The van der Waals surface area contributed by atoms with Gasteiger partial charge in [-0.2, -0.15) is 0 Å². The SMILES string of the molecule is CCC1C(F)CC(F)C(F)C1C. The molecule has 0 radical (unpaired) electrons. The fraction of sp³-hybridized carbons (Fsp3) is 1.00. The van der Waals surface area contributed by atoms with Gasteiger partial charge in [0.05, 0.1) is 0 Å². The van der Waals surface area contributed by atoms with Gasteiger partial charge in [0, 0.05) is 6.42 Å². The molecule has 72 valence electrons. The maximum absolute atomic E-state index is 13.1. The minimum Gasteiger partial charge on any atom is -0.247 e. The summed E-state index contributed by atoms with van der Waals surface area (Å²) in [7, 11) is 0. The maximum Gasteiger partial charge on any atom is 0.134 e. The lowest BCUT2D eigenvalue weighted by molar-refractivity contribution is -0.0148. The standard InChI is InChI=1S/C9H15F3/c1-3-6-5(2)9(12)8(11)4-7(6)10/h5-9H,3-4H2,1-2H3. The predicted molar refractivity (Wildman–Crippen MR) is 42.3 cm³/mol. The van der Waals surface area contributed by atoms with Crippen LogP contribution >= 0.6 is 0 Å². The van der Waals surface area contributed by atoms with Crippen molar-refractivity contribution in [1.82, 2.24) is 0 Å². The van der Waals surface area contributed by atoms with Crippen molar-refractivity contribution in [2.75, 3.05) is 0 Å². The van der Waals surface area contributed by atoms with Gasteiger partial charge in [-0.05, 0) is 11.8 Å². The topological polar surface area (TPSA) is 0 Å². The van der Waals surface area contributed by atoms with E-state index in [1.807, 2.05) is 6.92 Å². The molecule has 3 heteroatoms. The van der Waals surface area contributed by atoms with E-state index in [0.717, 1.165) is 0 Å². The van der Waals surface area contributed by atoms with Crippen LogP contribution in [0.2, 0.25) is 0 Å². The van der Waals surface area contributed by atoms with E-state index >= 15 is 0 Å². The van der Waals surface area contributed by atoms with E-state index in [9.17, 15) is 13.2 Å². The van der Waals surface area contributed by atoms with Gasteiger partial charge < -0.3 is 0 Å². The van der Waals surface area contributed by atoms with E-state index < -0.39 is 24.4 Å². The van der Waals surface area contributed by atoms with E-state index in [0.29, 0.717) is 6.42 Å². The highest BCUT2D eigenvalue weighted by molar-refractivity contribution is 4.90. The van der Waals surface area contributed by atoms with Gasteiger partial charge in [0.1, 0.15) is 18.5 Å². The molecule has 0 heterocycles. The van der Waals surface area contributed by atoms with Crippen LogP contribution < -0.4 is 0 Å². The van der Waals surface area contributed by atoms with Gasteiger partial charge in [0.25, 0.3) is 0 Å². The summed E-state index contributed by atoms with van der Waals surface area (Å²) in [5.74, 6) is -0.777. The van der Waals surface area contributed by atoms with Crippen molar-refractivity contribution in [3.63, 3.8) is 0 Å². The number of halogens is 3. The Morgan fingerprint density at radius 3 is 2.25 bits per heavy atom. The minimum absolute atomic E-state index is 0.260. The molecule has 0 aromatic carbocycles. The third-order valence-electron chi connectivity index (χ3n) is 2.91. The van der Waals surface area contributed by atoms with Crippen molar-refractivity contribution in [2.45, 2.75) is 45.2 Å². The van der Waals surface area contributed by atoms with Crippen LogP contribution in [0.5, 0.6) is 0 Å². The lowest BCUT2D eigenvalue weighted by atomic mass is 9.76. The van der Waals surface area contributed by atoms with Crippen molar-refractivity contribution in [3.8, 4) is 0 Å². The highest BCUT2D eigenvalue weighted by Crippen LogP contribution is 2.37. The zero-order valence-electron chi connectivity index (χ0n) is 7.43. The molecule has 1 rings (SSSR count). The zero-order valence-corrected chi connectivity index (χ0v) is 7.43. The van der Waals surface area contributed by atoms with E-state index in [4.69, 9.17) is 0 Å². The van der Waals surface area contributed by atoms with Crippen LogP contribution in [-0.2, 0) is 0 Å². The largest absolute Gasteiger partial charge is 0.247 e. The average molecular weight is 180 g/mol. The van der Waals surface area contributed by atoms with Gasteiger partial charge in [-0.1, -0.05) is 20.3 Å². The summed E-state index contributed by atoms with van der Waals surface area (Å²) in [5.41, 5.74) is 0. The van der Waals surface area contributed by atoms with Gasteiger partial charge in [-0.3, -0.25) is 0 Å². The van der Waals surface area contributed by atoms with Crippen molar-refractivity contribution < 1.29 is 13.2 Å². The summed E-state index contributed by atoms with van der Waals surface area (Å²) >= 11 is 0. The number of rotatable bonds is 1. The Morgan fingerprint density at radius 2 is 1.75 bits per heavy atom. The maximum atomic E-state index is 13.1. The quantitative estimate of drug-likeness (QED) is 0.581. The number of hydrogen-bond donors (Lipinski definition) is 0. The molecule has 5 unspecified atom stereocenters. The molecule has 0 N–H and O–H groups in total. The first-order chi connectivity index (χ1) is 5.57. The number of alkyl halides is 3. The number of hydrogen-bond acceptors (Lipinski definition) is 0. The molecular formula is C9H15F3. The Kier molecular flexibility index (Phi) is 3.02. The monoisotopic (exact) mass is 180 g/mol. The molecular weight excluding hydrogens is 165 g/mol. The molecule has 0 spiro atoms. The molecule has 0 amide bonds. The normalized spacial score (nSPS) is 49.2. The molecule has 0 nitrogen and oxygen atoms in total. The van der Waals surface area contributed by atoms with Crippen LogP contribution in [0.3, 0.4) is 0 Å². The van der Waals surface area contributed by atoms with Gasteiger partial charge in [0.2, 0.25) is 0 Å². The molecule has 1 aliphatic carbocycles. The fourth-order valence-electron chi connectivity index (χ4n) is 2.04. The summed E-state index contributed by atoms with van der Waals surface area (Å²) in [5, 5.41) is 0. The first kappa shape index (κ1) is 9.87. The summed E-state index contributed by atoms with van der Waals surface area (Å²) in [6, 6.07) is 0. The van der Waals surface area contributed by atoms with Gasteiger partial charge in [-0.15, -0.1) is 0 Å². The Hall–Kier alpha value is -0.210. The van der Waals surface area contributed by atoms with E-state index in [2.05, 4.69) is 0 Å². The van der Waals surface area contributed by atoms with Gasteiger partial charge in [-0.25, -0.2) is 13.2 Å². The molecule has 0 saturated heterocycles. The zero-order chi connectivity index (χ0) is 9.30. The first-order valence-corrected chi connectivity index (χ1v) is 4.50. The molecule has 5 atom stereocenters. The molecule has 0 aromatic rings. The second-order valence-electron chi connectivity index (χ2n) is 3.64. The summed E-state index contributed by atoms with van der Waals surface area (Å²) in [6.07, 6.45) is -3.90. The smallest absolute Gasteiger partial charge is 0.134 e. The minimum atomic E-state index is -1.60. The van der Waals surface area contributed by atoms with Crippen LogP contribution in [0.15, 0.2) is 0 Å². The van der Waals surface area contributed by atoms with Crippen LogP contribution in [0.25, 0.3) is 0 Å². The van der Waals surface area contributed by atoms with E-state index in [1.165, 1.54) is 0 Å². The third-order valence-corrected chi connectivity index (χ3v) is 2.91. The van der Waals surface area contributed by atoms with Crippen LogP contribution in [0.1, 0.15) is 26.7 Å². The van der Waals surface area contributed by atoms with Gasteiger partial charge >= 0.3 is 0 Å². The Labute approximate surface area is 71.1 Å². The van der Waals surface area contributed by atoms with Crippen molar-refractivity contribution in [3.05, 3.63) is 0 Å². The van der Waals surface area contributed by atoms with Crippen molar-refractivity contribution in [2.24, 2.45) is 11.8 Å².